The molecule has 0 atom stereocenters. The van der Waals surface area contributed by atoms with Crippen molar-refractivity contribution in [2.24, 2.45) is 4.99 Å². The molecule has 2 heterocycles. The molecule has 0 unspecified atom stereocenters. The van der Waals surface area contributed by atoms with Crippen LogP contribution < -0.4 is 15.4 Å². The summed E-state index contributed by atoms with van der Waals surface area (Å²) in [5.74, 6) is 1.44. The van der Waals surface area contributed by atoms with Crippen molar-refractivity contribution in [3.05, 3.63) is 59.8 Å². The second kappa shape index (κ2) is 12.0. The monoisotopic (exact) mass is 397 g/mol. The van der Waals surface area contributed by atoms with Crippen molar-refractivity contribution in [1.29, 1.82) is 0 Å². The molecule has 1 aliphatic rings. The van der Waals surface area contributed by atoms with Gasteiger partial charge in [0.25, 0.3) is 0 Å². The Labute approximate surface area is 173 Å². The number of guanidine groups is 1. The molecule has 0 radical (unpaired) electrons. The predicted octanol–water partition coefficient (Wildman–Crippen LogP) is 2.05. The fourth-order valence-electron chi connectivity index (χ4n) is 3.03. The van der Waals surface area contributed by atoms with Crippen molar-refractivity contribution in [3.63, 3.8) is 0 Å². The Morgan fingerprint density at radius 2 is 1.97 bits per heavy atom. The molecule has 7 nitrogen and oxygen atoms in total. The van der Waals surface area contributed by atoms with Gasteiger partial charge in [0.2, 0.25) is 5.88 Å². The highest BCUT2D eigenvalue weighted by molar-refractivity contribution is 5.79. The van der Waals surface area contributed by atoms with E-state index in [4.69, 9.17) is 14.5 Å². The second-order valence-corrected chi connectivity index (χ2v) is 6.85. The number of aliphatic imine (C=N–C) groups is 1. The third-order valence-electron chi connectivity index (χ3n) is 4.62. The van der Waals surface area contributed by atoms with Gasteiger partial charge in [-0.1, -0.05) is 30.3 Å². The lowest BCUT2D eigenvalue weighted by molar-refractivity contribution is 0.0389. The molecule has 0 amide bonds. The zero-order valence-corrected chi connectivity index (χ0v) is 17.1. The fraction of sp³-hybridized carbons (Fsp3) is 0.455. The first-order chi connectivity index (χ1) is 14.3. The summed E-state index contributed by atoms with van der Waals surface area (Å²) in [7, 11) is 0. The van der Waals surface area contributed by atoms with Crippen LogP contribution >= 0.6 is 0 Å². The van der Waals surface area contributed by atoms with Crippen molar-refractivity contribution in [1.82, 2.24) is 20.5 Å². The van der Waals surface area contributed by atoms with Gasteiger partial charge in [-0.2, -0.15) is 0 Å². The Balaban J connectivity index is 1.48. The van der Waals surface area contributed by atoms with E-state index in [0.717, 1.165) is 63.0 Å². The molecule has 0 aliphatic carbocycles. The first kappa shape index (κ1) is 21.1. The molecule has 2 aromatic rings. The Bertz CT molecular complexity index is 748. The van der Waals surface area contributed by atoms with E-state index in [9.17, 15) is 0 Å². The van der Waals surface area contributed by atoms with E-state index in [1.165, 1.54) is 0 Å². The number of benzene rings is 1. The average Bonchev–Trinajstić information content (AvgIpc) is 2.78. The number of hydrogen-bond acceptors (Lipinski definition) is 5. The lowest BCUT2D eigenvalue weighted by Gasteiger charge is -2.26. The standard InChI is InChI=1S/C22H31N5O2/c1-2-23-22(25-10-11-27-12-14-28-15-13-27)26-17-20-8-9-24-21(16-20)29-18-19-6-4-3-5-7-19/h3-9,16H,2,10-15,17-18H2,1H3,(H2,23,25,26). The van der Waals surface area contributed by atoms with E-state index in [1.54, 1.807) is 6.20 Å². The summed E-state index contributed by atoms with van der Waals surface area (Å²) < 4.78 is 11.2. The number of ether oxygens (including phenoxy) is 2. The molecule has 1 aliphatic heterocycles. The molecule has 1 aromatic carbocycles. The molecule has 156 valence electrons. The summed E-state index contributed by atoms with van der Waals surface area (Å²) in [4.78, 5) is 11.4. The molecule has 1 aromatic heterocycles. The van der Waals surface area contributed by atoms with Crippen molar-refractivity contribution < 1.29 is 9.47 Å². The predicted molar refractivity (Wildman–Crippen MR) is 115 cm³/mol. The topological polar surface area (TPSA) is 71.0 Å². The molecule has 29 heavy (non-hydrogen) atoms. The fourth-order valence-corrected chi connectivity index (χ4v) is 3.03. The van der Waals surface area contributed by atoms with Crippen LogP contribution in [0.3, 0.4) is 0 Å². The number of hydrogen-bond donors (Lipinski definition) is 2. The maximum absolute atomic E-state index is 5.81. The maximum Gasteiger partial charge on any atom is 0.213 e. The second-order valence-electron chi connectivity index (χ2n) is 6.85. The minimum Gasteiger partial charge on any atom is -0.473 e. The summed E-state index contributed by atoms with van der Waals surface area (Å²) in [6.45, 7) is 9.45. The molecular weight excluding hydrogens is 366 g/mol. The summed E-state index contributed by atoms with van der Waals surface area (Å²) in [5.41, 5.74) is 2.19. The van der Waals surface area contributed by atoms with E-state index < -0.39 is 0 Å². The first-order valence-electron chi connectivity index (χ1n) is 10.3. The lowest BCUT2D eigenvalue weighted by Crippen LogP contribution is -2.44. The van der Waals surface area contributed by atoms with Crippen LogP contribution in [0.25, 0.3) is 0 Å². The van der Waals surface area contributed by atoms with Gasteiger partial charge in [0, 0.05) is 45.0 Å². The Morgan fingerprint density at radius 3 is 2.76 bits per heavy atom. The average molecular weight is 398 g/mol. The SMILES string of the molecule is CCNC(=NCc1ccnc(OCc2ccccc2)c1)NCCN1CCOCC1. The van der Waals surface area contributed by atoms with Crippen LogP contribution in [0.5, 0.6) is 5.88 Å². The van der Waals surface area contributed by atoms with Crippen molar-refractivity contribution >= 4 is 5.96 Å². The molecule has 7 heteroatoms. The van der Waals surface area contributed by atoms with Crippen molar-refractivity contribution in [2.45, 2.75) is 20.1 Å². The lowest BCUT2D eigenvalue weighted by atomic mass is 10.2. The van der Waals surface area contributed by atoms with Gasteiger partial charge in [-0.3, -0.25) is 4.90 Å². The highest BCUT2D eigenvalue weighted by atomic mass is 16.5. The van der Waals surface area contributed by atoms with Crippen LogP contribution in [0.4, 0.5) is 0 Å². The minimum atomic E-state index is 0.506. The number of nitrogens with one attached hydrogen (secondary N) is 2. The van der Waals surface area contributed by atoms with E-state index in [2.05, 4.69) is 27.4 Å². The maximum atomic E-state index is 5.81. The third kappa shape index (κ3) is 7.71. The van der Waals surface area contributed by atoms with Crippen molar-refractivity contribution in [2.75, 3.05) is 45.9 Å². The Morgan fingerprint density at radius 1 is 1.14 bits per heavy atom. The van der Waals surface area contributed by atoms with Crippen LogP contribution in [-0.4, -0.2) is 61.8 Å². The number of nitrogens with zero attached hydrogens (tertiary/aromatic N) is 3. The number of aromatic nitrogens is 1. The number of rotatable bonds is 9. The molecule has 1 fully saturated rings. The first-order valence-corrected chi connectivity index (χ1v) is 10.3. The molecular formula is C22H31N5O2. The third-order valence-corrected chi connectivity index (χ3v) is 4.62. The van der Waals surface area contributed by atoms with Crippen LogP contribution in [0.15, 0.2) is 53.7 Å². The highest BCUT2D eigenvalue weighted by Crippen LogP contribution is 2.12. The zero-order chi connectivity index (χ0) is 20.2. The van der Waals surface area contributed by atoms with E-state index in [1.807, 2.05) is 42.5 Å². The quantitative estimate of drug-likeness (QED) is 0.499. The van der Waals surface area contributed by atoms with E-state index in [-0.39, 0.29) is 0 Å². The van der Waals surface area contributed by atoms with Gasteiger partial charge in [0.1, 0.15) is 6.61 Å². The highest BCUT2D eigenvalue weighted by Gasteiger charge is 2.09. The van der Waals surface area contributed by atoms with Gasteiger partial charge in [-0.25, -0.2) is 9.98 Å². The van der Waals surface area contributed by atoms with E-state index in [0.29, 0.717) is 19.0 Å². The largest absolute Gasteiger partial charge is 0.473 e. The van der Waals surface area contributed by atoms with Gasteiger partial charge >= 0.3 is 0 Å². The number of pyridine rings is 1. The molecule has 0 bridgehead atoms. The molecule has 0 saturated carbocycles. The van der Waals surface area contributed by atoms with Gasteiger partial charge in [0.15, 0.2) is 5.96 Å². The summed E-state index contributed by atoms with van der Waals surface area (Å²) in [5, 5.41) is 6.71. The van der Waals surface area contributed by atoms with Crippen LogP contribution in [0.1, 0.15) is 18.1 Å². The summed E-state index contributed by atoms with van der Waals surface area (Å²) >= 11 is 0. The smallest absolute Gasteiger partial charge is 0.213 e. The Kier molecular flexibility index (Phi) is 8.75. The molecule has 0 spiro atoms. The number of morpholine rings is 1. The molecule has 2 N–H and O–H groups in total. The van der Waals surface area contributed by atoms with Gasteiger partial charge < -0.3 is 20.1 Å². The summed E-state index contributed by atoms with van der Waals surface area (Å²) in [6.07, 6.45) is 1.77. The van der Waals surface area contributed by atoms with Crippen LogP contribution in [-0.2, 0) is 17.9 Å². The van der Waals surface area contributed by atoms with Crippen LogP contribution in [0, 0.1) is 0 Å². The van der Waals surface area contributed by atoms with Crippen LogP contribution in [0.2, 0.25) is 0 Å². The van der Waals surface area contributed by atoms with E-state index >= 15 is 0 Å². The van der Waals surface area contributed by atoms with Crippen molar-refractivity contribution in [3.8, 4) is 5.88 Å². The molecule has 1 saturated heterocycles. The summed E-state index contributed by atoms with van der Waals surface area (Å²) in [6, 6.07) is 14.0. The Hall–Kier alpha value is -2.64. The van der Waals surface area contributed by atoms with Gasteiger partial charge in [-0.05, 0) is 24.1 Å². The normalized spacial score (nSPS) is 15.1. The zero-order valence-electron chi connectivity index (χ0n) is 17.1. The minimum absolute atomic E-state index is 0.506. The van der Waals surface area contributed by atoms with Gasteiger partial charge in [0.05, 0.1) is 19.8 Å². The molecule has 3 rings (SSSR count). The van der Waals surface area contributed by atoms with Gasteiger partial charge in [-0.15, -0.1) is 0 Å².